The predicted molar refractivity (Wildman–Crippen MR) is 129 cm³/mol. The molecule has 0 unspecified atom stereocenters. The Bertz CT molecular complexity index is 1260. The van der Waals surface area contributed by atoms with Crippen molar-refractivity contribution in [1.82, 2.24) is 5.32 Å². The average Bonchev–Trinajstić information content (AvgIpc) is 3.27. The third-order valence-electron chi connectivity index (χ3n) is 4.73. The van der Waals surface area contributed by atoms with Crippen LogP contribution in [0.3, 0.4) is 0 Å². The number of benzene rings is 3. The fourth-order valence-electron chi connectivity index (χ4n) is 3.11. The van der Waals surface area contributed by atoms with Crippen LogP contribution in [0.5, 0.6) is 17.2 Å². The Morgan fingerprint density at radius 3 is 2.61 bits per heavy atom. The zero-order chi connectivity index (χ0) is 23.4. The fourth-order valence-corrected chi connectivity index (χ4v) is 3.83. The first kappa shape index (κ1) is 22.7. The summed E-state index contributed by atoms with van der Waals surface area (Å²) in [5.74, 6) is 0.672. The molecule has 0 spiro atoms. The normalized spacial score (nSPS) is 12.3. The zero-order valence-corrected chi connectivity index (χ0v) is 19.7. The van der Waals surface area contributed by atoms with Crippen LogP contribution in [0.4, 0.5) is 5.69 Å². The van der Waals surface area contributed by atoms with Crippen molar-refractivity contribution >= 4 is 51.1 Å². The number of methoxy groups -OCH3 is 1. The number of nitrogens with one attached hydrogen (secondary N) is 2. The van der Waals surface area contributed by atoms with E-state index in [-0.39, 0.29) is 12.5 Å². The second-order valence-corrected chi connectivity index (χ2v) is 8.17. The van der Waals surface area contributed by atoms with E-state index in [1.54, 1.807) is 66.7 Å². The summed E-state index contributed by atoms with van der Waals surface area (Å²) in [6.45, 7) is 0.132. The monoisotopic (exact) mass is 528 g/mol. The molecule has 0 radical (unpaired) electrons. The Labute approximate surface area is 203 Å². The van der Waals surface area contributed by atoms with Crippen LogP contribution in [0.15, 0.2) is 70.8 Å². The van der Waals surface area contributed by atoms with E-state index in [1.165, 1.54) is 7.11 Å². The molecule has 1 aliphatic heterocycles. The van der Waals surface area contributed by atoms with E-state index in [1.807, 2.05) is 0 Å². The first-order chi connectivity index (χ1) is 15.9. The summed E-state index contributed by atoms with van der Waals surface area (Å²) in [6, 6.07) is 17.0. The Balaban J connectivity index is 1.64. The van der Waals surface area contributed by atoms with Crippen molar-refractivity contribution in [3.8, 4) is 17.2 Å². The van der Waals surface area contributed by atoms with Gasteiger partial charge >= 0.3 is 0 Å². The van der Waals surface area contributed by atoms with Crippen LogP contribution in [0, 0.1) is 0 Å². The van der Waals surface area contributed by atoms with Gasteiger partial charge in [-0.05, 0) is 70.0 Å². The maximum atomic E-state index is 13.1. The number of carbonyl (C=O) groups is 2. The van der Waals surface area contributed by atoms with Gasteiger partial charge in [0.1, 0.15) is 11.4 Å². The summed E-state index contributed by atoms with van der Waals surface area (Å²) >= 11 is 9.53. The van der Waals surface area contributed by atoms with Crippen molar-refractivity contribution in [2.75, 3.05) is 19.2 Å². The molecule has 4 rings (SSSR count). The van der Waals surface area contributed by atoms with Crippen molar-refractivity contribution in [2.45, 2.75) is 0 Å². The van der Waals surface area contributed by atoms with Crippen LogP contribution in [-0.4, -0.2) is 25.7 Å². The molecule has 0 fully saturated rings. The molecule has 33 heavy (non-hydrogen) atoms. The van der Waals surface area contributed by atoms with Gasteiger partial charge in [-0.1, -0.05) is 29.8 Å². The van der Waals surface area contributed by atoms with Crippen molar-refractivity contribution < 1.29 is 23.8 Å². The van der Waals surface area contributed by atoms with Crippen LogP contribution in [0.25, 0.3) is 6.08 Å². The number of amides is 2. The molecule has 168 valence electrons. The summed E-state index contributed by atoms with van der Waals surface area (Å²) in [5.41, 5.74) is 1.50. The highest BCUT2D eigenvalue weighted by Crippen LogP contribution is 2.33. The summed E-state index contributed by atoms with van der Waals surface area (Å²) in [5, 5.41) is 5.79. The Morgan fingerprint density at radius 2 is 1.85 bits per heavy atom. The van der Waals surface area contributed by atoms with Crippen LogP contribution >= 0.6 is 27.5 Å². The SMILES string of the molecule is COc1ccc(NC(=O)C(=Cc2ccc3c(c2)OCO3)NC(=O)c2ccccc2Br)cc1Cl. The fraction of sp³-hybridized carbons (Fsp3) is 0.0833. The Kier molecular flexibility index (Phi) is 6.86. The molecule has 0 aliphatic carbocycles. The number of hydrogen-bond donors (Lipinski definition) is 2. The van der Waals surface area contributed by atoms with E-state index < -0.39 is 11.8 Å². The minimum Gasteiger partial charge on any atom is -0.495 e. The molecule has 0 aromatic heterocycles. The molecular weight excluding hydrogens is 512 g/mol. The van der Waals surface area contributed by atoms with E-state index in [0.29, 0.717) is 43.6 Å². The molecule has 0 bridgehead atoms. The van der Waals surface area contributed by atoms with Gasteiger partial charge in [-0.15, -0.1) is 0 Å². The largest absolute Gasteiger partial charge is 0.495 e. The lowest BCUT2D eigenvalue weighted by atomic mass is 10.1. The van der Waals surface area contributed by atoms with Gasteiger partial charge in [-0.2, -0.15) is 0 Å². The van der Waals surface area contributed by atoms with E-state index in [2.05, 4.69) is 26.6 Å². The topological polar surface area (TPSA) is 85.9 Å². The van der Waals surface area contributed by atoms with E-state index in [4.69, 9.17) is 25.8 Å². The summed E-state index contributed by atoms with van der Waals surface area (Å²) in [4.78, 5) is 26.0. The van der Waals surface area contributed by atoms with Gasteiger partial charge in [0.15, 0.2) is 11.5 Å². The standard InChI is InChI=1S/C24H18BrClN2O5/c1-31-20-9-7-15(12-18(20)26)27-24(30)19(28-23(29)16-4-2-3-5-17(16)25)10-14-6-8-21-22(11-14)33-13-32-21/h2-12H,13H2,1H3,(H,27,30)(H,28,29). The molecule has 3 aromatic rings. The van der Waals surface area contributed by atoms with Gasteiger partial charge in [-0.25, -0.2) is 0 Å². The minimum absolute atomic E-state index is 0.0292. The first-order valence-electron chi connectivity index (χ1n) is 9.76. The number of anilines is 1. The lowest BCUT2D eigenvalue weighted by Crippen LogP contribution is -2.31. The van der Waals surface area contributed by atoms with Gasteiger partial charge in [0.05, 0.1) is 17.7 Å². The number of rotatable bonds is 6. The molecule has 2 amide bonds. The number of fused-ring (bicyclic) bond motifs is 1. The van der Waals surface area contributed by atoms with E-state index >= 15 is 0 Å². The number of ether oxygens (including phenoxy) is 3. The molecular formula is C24H18BrClN2O5. The first-order valence-corrected chi connectivity index (χ1v) is 10.9. The molecule has 3 aromatic carbocycles. The second kappa shape index (κ2) is 9.97. The van der Waals surface area contributed by atoms with E-state index in [9.17, 15) is 9.59 Å². The molecule has 1 aliphatic rings. The van der Waals surface area contributed by atoms with E-state index in [0.717, 1.165) is 0 Å². The molecule has 0 atom stereocenters. The van der Waals surface area contributed by atoms with Crippen LogP contribution in [-0.2, 0) is 4.79 Å². The maximum absolute atomic E-state index is 13.1. The van der Waals surface area contributed by atoms with Gasteiger partial charge in [0.2, 0.25) is 6.79 Å². The predicted octanol–water partition coefficient (Wildman–Crippen LogP) is 5.25. The molecule has 7 nitrogen and oxygen atoms in total. The summed E-state index contributed by atoms with van der Waals surface area (Å²) in [7, 11) is 1.50. The molecule has 2 N–H and O–H groups in total. The zero-order valence-electron chi connectivity index (χ0n) is 17.4. The van der Waals surface area contributed by atoms with Gasteiger partial charge in [0.25, 0.3) is 11.8 Å². The molecule has 0 saturated carbocycles. The minimum atomic E-state index is -0.533. The van der Waals surface area contributed by atoms with Crippen molar-refractivity contribution in [3.63, 3.8) is 0 Å². The molecule has 1 heterocycles. The lowest BCUT2D eigenvalue weighted by Gasteiger charge is -2.13. The number of hydrogen-bond acceptors (Lipinski definition) is 5. The van der Waals surface area contributed by atoms with Gasteiger partial charge < -0.3 is 24.8 Å². The summed E-state index contributed by atoms with van der Waals surface area (Å²) in [6.07, 6.45) is 1.55. The third kappa shape index (κ3) is 5.30. The van der Waals surface area contributed by atoms with Crippen molar-refractivity contribution in [2.24, 2.45) is 0 Å². The highest BCUT2D eigenvalue weighted by atomic mass is 79.9. The quantitative estimate of drug-likeness (QED) is 0.426. The maximum Gasteiger partial charge on any atom is 0.272 e. The molecule has 9 heteroatoms. The highest BCUT2D eigenvalue weighted by Gasteiger charge is 2.18. The Morgan fingerprint density at radius 1 is 1.06 bits per heavy atom. The highest BCUT2D eigenvalue weighted by molar-refractivity contribution is 9.10. The van der Waals surface area contributed by atoms with Crippen molar-refractivity contribution in [1.29, 1.82) is 0 Å². The third-order valence-corrected chi connectivity index (χ3v) is 5.72. The number of halogens is 2. The van der Waals surface area contributed by atoms with Gasteiger partial charge in [0, 0.05) is 10.2 Å². The van der Waals surface area contributed by atoms with Crippen LogP contribution < -0.4 is 24.8 Å². The van der Waals surface area contributed by atoms with Crippen molar-refractivity contribution in [3.05, 3.63) is 87.0 Å². The average molecular weight is 530 g/mol. The number of carbonyl (C=O) groups excluding carboxylic acids is 2. The van der Waals surface area contributed by atoms with Crippen LogP contribution in [0.1, 0.15) is 15.9 Å². The summed E-state index contributed by atoms with van der Waals surface area (Å²) < 4.78 is 16.5. The lowest BCUT2D eigenvalue weighted by molar-refractivity contribution is -0.113. The van der Waals surface area contributed by atoms with Gasteiger partial charge in [-0.3, -0.25) is 9.59 Å². The molecule has 0 saturated heterocycles. The second-order valence-electron chi connectivity index (χ2n) is 6.91. The van der Waals surface area contributed by atoms with Crippen LogP contribution in [0.2, 0.25) is 5.02 Å². The smallest absolute Gasteiger partial charge is 0.272 e. The Hall–Kier alpha value is -3.49.